The van der Waals surface area contributed by atoms with Crippen molar-refractivity contribution in [1.29, 1.82) is 0 Å². The van der Waals surface area contributed by atoms with Crippen molar-refractivity contribution in [2.75, 3.05) is 12.4 Å². The van der Waals surface area contributed by atoms with E-state index in [0.29, 0.717) is 0 Å². The maximum atomic E-state index is 4.78. The van der Waals surface area contributed by atoms with E-state index < -0.39 is 0 Å². The summed E-state index contributed by atoms with van der Waals surface area (Å²) < 4.78 is 0. The summed E-state index contributed by atoms with van der Waals surface area (Å²) >= 11 is 1.68. The van der Waals surface area contributed by atoms with E-state index in [1.165, 1.54) is 4.88 Å². The van der Waals surface area contributed by atoms with E-state index in [-0.39, 0.29) is 0 Å². The number of nitrogens with one attached hydrogen (secondary N) is 1. The molecule has 0 aliphatic heterocycles. The molecule has 0 saturated heterocycles. The third-order valence-electron chi connectivity index (χ3n) is 3.64. The van der Waals surface area contributed by atoms with E-state index in [4.69, 9.17) is 4.98 Å². The molecule has 0 bridgehead atoms. The van der Waals surface area contributed by atoms with Crippen molar-refractivity contribution in [2.45, 2.75) is 0 Å². The Morgan fingerprint density at radius 3 is 2.70 bits per heavy atom. The van der Waals surface area contributed by atoms with Gasteiger partial charge in [-0.2, -0.15) is 0 Å². The molecule has 23 heavy (non-hydrogen) atoms. The quantitative estimate of drug-likeness (QED) is 0.606. The molecule has 4 heterocycles. The Hall–Kier alpha value is -2.79. The van der Waals surface area contributed by atoms with Crippen molar-refractivity contribution in [2.24, 2.45) is 0 Å². The summed E-state index contributed by atoms with van der Waals surface area (Å²) in [4.78, 5) is 15.5. The second kappa shape index (κ2) is 5.78. The fraction of sp³-hybridized carbons (Fsp3) is 0.0556. The van der Waals surface area contributed by atoms with Crippen molar-refractivity contribution >= 4 is 27.4 Å². The van der Waals surface area contributed by atoms with Gasteiger partial charge < -0.3 is 5.32 Å². The topological polar surface area (TPSA) is 50.7 Å². The molecule has 5 heteroatoms. The monoisotopic (exact) mass is 318 g/mol. The standard InChI is InChI=1S/C18H14N4S/c1-19-17-7-5-13(11-21-17)15-6-4-12-9-16(23-18(12)22-15)14-3-2-8-20-10-14/h2-11H,1H3,(H,19,21). The summed E-state index contributed by atoms with van der Waals surface area (Å²) in [6, 6.07) is 14.3. The molecular formula is C18H14N4S. The zero-order valence-electron chi connectivity index (χ0n) is 12.5. The molecule has 4 aromatic heterocycles. The van der Waals surface area contributed by atoms with Crippen molar-refractivity contribution in [3.05, 3.63) is 61.1 Å². The summed E-state index contributed by atoms with van der Waals surface area (Å²) in [5, 5.41) is 4.17. The number of fused-ring (bicyclic) bond motifs is 1. The fourth-order valence-corrected chi connectivity index (χ4v) is 3.44. The molecular weight excluding hydrogens is 304 g/mol. The van der Waals surface area contributed by atoms with Crippen LogP contribution in [-0.4, -0.2) is 22.0 Å². The number of hydrogen-bond donors (Lipinski definition) is 1. The summed E-state index contributed by atoms with van der Waals surface area (Å²) in [6.07, 6.45) is 5.51. The zero-order valence-corrected chi connectivity index (χ0v) is 13.3. The minimum atomic E-state index is 0.852. The molecule has 112 valence electrons. The minimum absolute atomic E-state index is 0.852. The van der Waals surface area contributed by atoms with Gasteiger partial charge in [-0.3, -0.25) is 4.98 Å². The van der Waals surface area contributed by atoms with Crippen LogP contribution in [0.4, 0.5) is 5.82 Å². The first-order valence-corrected chi connectivity index (χ1v) is 8.10. The van der Waals surface area contributed by atoms with E-state index >= 15 is 0 Å². The molecule has 0 aromatic carbocycles. The predicted molar refractivity (Wildman–Crippen MR) is 95.6 cm³/mol. The lowest BCUT2D eigenvalue weighted by Gasteiger charge is -2.02. The highest BCUT2D eigenvalue weighted by Crippen LogP contribution is 2.33. The number of nitrogens with zero attached hydrogens (tertiary/aromatic N) is 3. The first kappa shape index (κ1) is 13.8. The second-order valence-electron chi connectivity index (χ2n) is 5.13. The molecule has 0 aliphatic rings. The molecule has 0 fully saturated rings. The highest BCUT2D eigenvalue weighted by Gasteiger charge is 2.08. The Bertz CT molecular complexity index is 946. The van der Waals surface area contributed by atoms with E-state index in [0.717, 1.165) is 32.9 Å². The number of hydrogen-bond acceptors (Lipinski definition) is 5. The lowest BCUT2D eigenvalue weighted by molar-refractivity contribution is 1.28. The summed E-state index contributed by atoms with van der Waals surface area (Å²) in [5.74, 6) is 0.852. The predicted octanol–water partition coefficient (Wildman–Crippen LogP) is 4.46. The molecule has 4 rings (SSSR count). The smallest absolute Gasteiger partial charge is 0.125 e. The lowest BCUT2D eigenvalue weighted by Crippen LogP contribution is -1.91. The molecule has 0 saturated carbocycles. The fourth-order valence-electron chi connectivity index (χ4n) is 2.42. The SMILES string of the molecule is CNc1ccc(-c2ccc3cc(-c4cccnc4)sc3n2)cn1. The molecule has 0 spiro atoms. The van der Waals surface area contributed by atoms with Crippen LogP contribution in [0, 0.1) is 0 Å². The maximum Gasteiger partial charge on any atom is 0.125 e. The first-order valence-electron chi connectivity index (χ1n) is 7.29. The van der Waals surface area contributed by atoms with Crippen LogP contribution in [0.15, 0.2) is 61.1 Å². The highest BCUT2D eigenvalue weighted by molar-refractivity contribution is 7.21. The summed E-state index contributed by atoms with van der Waals surface area (Å²) in [6.45, 7) is 0. The van der Waals surface area contributed by atoms with Gasteiger partial charge in [0, 0.05) is 47.0 Å². The molecule has 4 nitrogen and oxygen atoms in total. The van der Waals surface area contributed by atoms with Crippen molar-refractivity contribution in [3.63, 3.8) is 0 Å². The second-order valence-corrected chi connectivity index (χ2v) is 6.16. The van der Waals surface area contributed by atoms with Gasteiger partial charge in [-0.1, -0.05) is 6.07 Å². The van der Waals surface area contributed by atoms with Gasteiger partial charge in [0.1, 0.15) is 10.6 Å². The lowest BCUT2D eigenvalue weighted by atomic mass is 10.1. The molecule has 1 N–H and O–H groups in total. The third kappa shape index (κ3) is 2.66. The van der Waals surface area contributed by atoms with Gasteiger partial charge in [0.2, 0.25) is 0 Å². The van der Waals surface area contributed by atoms with Crippen LogP contribution in [0.25, 0.3) is 31.9 Å². The van der Waals surface area contributed by atoms with Gasteiger partial charge >= 0.3 is 0 Å². The van der Waals surface area contributed by atoms with E-state index in [2.05, 4.69) is 33.5 Å². The Morgan fingerprint density at radius 1 is 1.00 bits per heavy atom. The highest BCUT2D eigenvalue weighted by atomic mass is 32.1. The van der Waals surface area contributed by atoms with E-state index in [9.17, 15) is 0 Å². The number of rotatable bonds is 3. The molecule has 0 radical (unpaired) electrons. The summed E-state index contributed by atoms with van der Waals surface area (Å²) in [7, 11) is 1.86. The van der Waals surface area contributed by atoms with E-state index in [1.54, 1.807) is 17.5 Å². The summed E-state index contributed by atoms with van der Waals surface area (Å²) in [5.41, 5.74) is 3.08. The first-order chi connectivity index (χ1) is 11.3. The number of thiophene rings is 1. The number of anilines is 1. The van der Waals surface area contributed by atoms with Crippen molar-refractivity contribution in [3.8, 4) is 21.7 Å². The van der Waals surface area contributed by atoms with Crippen LogP contribution in [0.2, 0.25) is 0 Å². The van der Waals surface area contributed by atoms with Crippen LogP contribution in [-0.2, 0) is 0 Å². The number of pyridine rings is 3. The maximum absolute atomic E-state index is 4.78. The zero-order chi connectivity index (χ0) is 15.6. The van der Waals surface area contributed by atoms with E-state index in [1.807, 2.05) is 43.7 Å². The van der Waals surface area contributed by atoms with Gasteiger partial charge in [-0.25, -0.2) is 9.97 Å². The Balaban J connectivity index is 1.75. The van der Waals surface area contributed by atoms with Crippen LogP contribution >= 0.6 is 11.3 Å². The van der Waals surface area contributed by atoms with Crippen molar-refractivity contribution in [1.82, 2.24) is 15.0 Å². The van der Waals surface area contributed by atoms with Gasteiger partial charge in [0.25, 0.3) is 0 Å². The van der Waals surface area contributed by atoms with Crippen molar-refractivity contribution < 1.29 is 0 Å². The third-order valence-corrected chi connectivity index (χ3v) is 4.74. The van der Waals surface area contributed by atoms with Gasteiger partial charge in [0.05, 0.1) is 5.69 Å². The largest absolute Gasteiger partial charge is 0.373 e. The average molecular weight is 318 g/mol. The van der Waals surface area contributed by atoms with Crippen LogP contribution in [0.3, 0.4) is 0 Å². The molecule has 0 amide bonds. The van der Waals surface area contributed by atoms with Gasteiger partial charge in [-0.15, -0.1) is 11.3 Å². The number of aromatic nitrogens is 3. The molecule has 4 aromatic rings. The average Bonchev–Trinajstić information content (AvgIpc) is 3.06. The normalized spacial score (nSPS) is 10.8. The van der Waals surface area contributed by atoms with Crippen LogP contribution in [0.5, 0.6) is 0 Å². The van der Waals surface area contributed by atoms with Gasteiger partial charge in [0.15, 0.2) is 0 Å². The molecule has 0 unspecified atom stereocenters. The van der Waals surface area contributed by atoms with Crippen LogP contribution in [0.1, 0.15) is 0 Å². The minimum Gasteiger partial charge on any atom is -0.373 e. The van der Waals surface area contributed by atoms with Gasteiger partial charge in [-0.05, 0) is 36.4 Å². The van der Waals surface area contributed by atoms with Crippen LogP contribution < -0.4 is 5.32 Å². The Morgan fingerprint density at radius 2 is 1.96 bits per heavy atom. The Kier molecular flexibility index (Phi) is 3.48. The molecule has 0 aliphatic carbocycles. The Labute approximate surface area is 137 Å². The molecule has 0 atom stereocenters.